The highest BCUT2D eigenvalue weighted by Crippen LogP contribution is 2.10. The first-order valence-electron chi connectivity index (χ1n) is 10.3. The highest BCUT2D eigenvalue weighted by Gasteiger charge is 2.24. The molecule has 2 fully saturated rings. The molecule has 3 heterocycles. The van der Waals surface area contributed by atoms with Gasteiger partial charge < -0.3 is 19.5 Å². The summed E-state index contributed by atoms with van der Waals surface area (Å²) in [6.07, 6.45) is 6.08. The number of carbonyl (C=O) groups is 1. The molecule has 1 aromatic heterocycles. The van der Waals surface area contributed by atoms with Gasteiger partial charge in [0.25, 0.3) is 0 Å². The second-order valence-electron chi connectivity index (χ2n) is 7.27. The minimum atomic E-state index is 0.294. The number of hydrogen-bond donors (Lipinski definition) is 1. The third-order valence-electron chi connectivity index (χ3n) is 5.27. The SMILES string of the molecule is CCNC(=NCCc1ccco1)N1CCN(CC(=O)N2CCCCC2)CC1. The van der Waals surface area contributed by atoms with Gasteiger partial charge in [-0.15, -0.1) is 0 Å². The van der Waals surface area contributed by atoms with E-state index >= 15 is 0 Å². The van der Waals surface area contributed by atoms with Crippen LogP contribution in [0.25, 0.3) is 0 Å². The third-order valence-corrected chi connectivity index (χ3v) is 5.27. The van der Waals surface area contributed by atoms with Crippen LogP contribution in [0.2, 0.25) is 0 Å². The molecule has 0 radical (unpaired) electrons. The van der Waals surface area contributed by atoms with Crippen molar-refractivity contribution < 1.29 is 9.21 Å². The molecule has 0 aromatic carbocycles. The maximum atomic E-state index is 12.5. The number of nitrogens with zero attached hydrogens (tertiary/aromatic N) is 4. The van der Waals surface area contributed by atoms with Gasteiger partial charge in [0.1, 0.15) is 5.76 Å². The molecule has 0 atom stereocenters. The number of hydrogen-bond acceptors (Lipinski definition) is 4. The van der Waals surface area contributed by atoms with Crippen molar-refractivity contribution in [2.75, 3.05) is 58.9 Å². The standard InChI is InChI=1S/C20H33N5O2/c1-2-21-20(22-9-8-18-7-6-16-27-18)25-14-12-23(13-15-25)17-19(26)24-10-4-3-5-11-24/h6-7,16H,2-5,8-15,17H2,1H3,(H,21,22). The zero-order chi connectivity index (χ0) is 18.9. The Labute approximate surface area is 162 Å². The molecular formula is C20H33N5O2. The van der Waals surface area contributed by atoms with Crippen LogP contribution < -0.4 is 5.32 Å². The number of likely N-dealkylation sites (tertiary alicyclic amines) is 1. The predicted molar refractivity (Wildman–Crippen MR) is 107 cm³/mol. The van der Waals surface area contributed by atoms with Crippen LogP contribution in [0.15, 0.2) is 27.8 Å². The highest BCUT2D eigenvalue weighted by molar-refractivity contribution is 5.80. The molecule has 0 unspecified atom stereocenters. The van der Waals surface area contributed by atoms with Crippen LogP contribution >= 0.6 is 0 Å². The van der Waals surface area contributed by atoms with E-state index in [1.54, 1.807) is 6.26 Å². The van der Waals surface area contributed by atoms with Crippen LogP contribution in [-0.4, -0.2) is 85.5 Å². The molecule has 0 saturated carbocycles. The van der Waals surface area contributed by atoms with Crippen LogP contribution in [0.5, 0.6) is 0 Å². The van der Waals surface area contributed by atoms with Gasteiger partial charge in [0, 0.05) is 58.8 Å². The lowest BCUT2D eigenvalue weighted by Gasteiger charge is -2.37. The van der Waals surface area contributed by atoms with E-state index in [0.29, 0.717) is 19.0 Å². The molecule has 150 valence electrons. The van der Waals surface area contributed by atoms with Crippen molar-refractivity contribution in [2.24, 2.45) is 4.99 Å². The molecule has 2 aliphatic heterocycles. The molecule has 0 bridgehead atoms. The Balaban J connectivity index is 1.44. The van der Waals surface area contributed by atoms with E-state index in [1.807, 2.05) is 17.0 Å². The maximum absolute atomic E-state index is 12.5. The third kappa shape index (κ3) is 5.99. The zero-order valence-corrected chi connectivity index (χ0v) is 16.5. The normalized spacial score (nSPS) is 19.4. The van der Waals surface area contributed by atoms with E-state index in [2.05, 4.69) is 22.0 Å². The summed E-state index contributed by atoms with van der Waals surface area (Å²) in [5, 5.41) is 3.39. The van der Waals surface area contributed by atoms with Gasteiger partial charge in [-0.05, 0) is 38.3 Å². The fourth-order valence-electron chi connectivity index (χ4n) is 3.71. The Hall–Kier alpha value is -2.02. The summed E-state index contributed by atoms with van der Waals surface area (Å²) in [6.45, 7) is 9.70. The van der Waals surface area contributed by atoms with E-state index < -0.39 is 0 Å². The quantitative estimate of drug-likeness (QED) is 0.602. The van der Waals surface area contributed by atoms with Crippen molar-refractivity contribution in [2.45, 2.75) is 32.6 Å². The second-order valence-corrected chi connectivity index (χ2v) is 7.27. The van der Waals surface area contributed by atoms with Crippen LogP contribution in [-0.2, 0) is 11.2 Å². The number of guanidine groups is 1. The zero-order valence-electron chi connectivity index (χ0n) is 16.5. The summed E-state index contributed by atoms with van der Waals surface area (Å²) in [6, 6.07) is 3.90. The van der Waals surface area contributed by atoms with Gasteiger partial charge in [-0.3, -0.25) is 14.7 Å². The van der Waals surface area contributed by atoms with Gasteiger partial charge in [0.05, 0.1) is 12.8 Å². The highest BCUT2D eigenvalue weighted by atomic mass is 16.3. The summed E-state index contributed by atoms with van der Waals surface area (Å²) < 4.78 is 5.38. The summed E-state index contributed by atoms with van der Waals surface area (Å²) in [4.78, 5) is 23.8. The number of nitrogens with one attached hydrogen (secondary N) is 1. The first-order valence-corrected chi connectivity index (χ1v) is 10.3. The average Bonchev–Trinajstić information content (AvgIpc) is 3.22. The number of rotatable bonds is 6. The molecule has 0 aliphatic carbocycles. The second kappa shape index (κ2) is 10.3. The number of furan rings is 1. The summed E-state index contributed by atoms with van der Waals surface area (Å²) in [5.41, 5.74) is 0. The van der Waals surface area contributed by atoms with Crippen molar-refractivity contribution in [1.82, 2.24) is 20.0 Å². The lowest BCUT2D eigenvalue weighted by atomic mass is 10.1. The lowest BCUT2D eigenvalue weighted by Crippen LogP contribution is -2.54. The minimum absolute atomic E-state index is 0.294. The monoisotopic (exact) mass is 375 g/mol. The largest absolute Gasteiger partial charge is 0.469 e. The topological polar surface area (TPSA) is 64.3 Å². The summed E-state index contributed by atoms with van der Waals surface area (Å²) in [7, 11) is 0. The van der Waals surface area contributed by atoms with Crippen LogP contribution in [0.3, 0.4) is 0 Å². The number of carbonyl (C=O) groups excluding carboxylic acids is 1. The average molecular weight is 376 g/mol. The van der Waals surface area contributed by atoms with E-state index in [9.17, 15) is 4.79 Å². The molecular weight excluding hydrogens is 342 g/mol. The molecule has 2 aliphatic rings. The Morgan fingerprint density at radius 3 is 2.56 bits per heavy atom. The first-order chi connectivity index (χ1) is 13.3. The Morgan fingerprint density at radius 2 is 1.89 bits per heavy atom. The molecule has 27 heavy (non-hydrogen) atoms. The van der Waals surface area contributed by atoms with Crippen LogP contribution in [0.1, 0.15) is 31.9 Å². The van der Waals surface area contributed by atoms with E-state index in [4.69, 9.17) is 9.41 Å². The molecule has 2 saturated heterocycles. The maximum Gasteiger partial charge on any atom is 0.236 e. The van der Waals surface area contributed by atoms with Crippen LogP contribution in [0.4, 0.5) is 0 Å². The predicted octanol–water partition coefficient (Wildman–Crippen LogP) is 1.42. The molecule has 7 nitrogen and oxygen atoms in total. The van der Waals surface area contributed by atoms with Gasteiger partial charge in [0.2, 0.25) is 5.91 Å². The lowest BCUT2D eigenvalue weighted by molar-refractivity contribution is -0.133. The van der Waals surface area contributed by atoms with Crippen LogP contribution in [0, 0.1) is 0 Å². The number of amides is 1. The summed E-state index contributed by atoms with van der Waals surface area (Å²) >= 11 is 0. The fraction of sp³-hybridized carbons (Fsp3) is 0.700. The molecule has 3 rings (SSSR count). The van der Waals surface area contributed by atoms with Gasteiger partial charge in [-0.25, -0.2) is 0 Å². The summed E-state index contributed by atoms with van der Waals surface area (Å²) in [5.74, 6) is 2.23. The van der Waals surface area contributed by atoms with E-state index in [0.717, 1.165) is 76.8 Å². The smallest absolute Gasteiger partial charge is 0.236 e. The van der Waals surface area contributed by atoms with Gasteiger partial charge in [0.15, 0.2) is 5.96 Å². The van der Waals surface area contributed by atoms with Crippen molar-refractivity contribution in [3.05, 3.63) is 24.2 Å². The Bertz CT molecular complexity index is 588. The number of piperidine rings is 1. The molecule has 1 aromatic rings. The van der Waals surface area contributed by atoms with Crippen molar-refractivity contribution in [1.29, 1.82) is 0 Å². The number of piperazine rings is 1. The Kier molecular flexibility index (Phi) is 7.56. The van der Waals surface area contributed by atoms with Gasteiger partial charge >= 0.3 is 0 Å². The molecule has 1 N–H and O–H groups in total. The molecule has 1 amide bonds. The Morgan fingerprint density at radius 1 is 1.11 bits per heavy atom. The minimum Gasteiger partial charge on any atom is -0.469 e. The fourth-order valence-corrected chi connectivity index (χ4v) is 3.71. The van der Waals surface area contributed by atoms with Gasteiger partial charge in [-0.2, -0.15) is 0 Å². The van der Waals surface area contributed by atoms with Crippen molar-refractivity contribution in [3.8, 4) is 0 Å². The molecule has 0 spiro atoms. The van der Waals surface area contributed by atoms with E-state index in [1.165, 1.54) is 6.42 Å². The number of aliphatic imine (C=N–C) groups is 1. The van der Waals surface area contributed by atoms with Crippen molar-refractivity contribution >= 4 is 11.9 Å². The van der Waals surface area contributed by atoms with E-state index in [-0.39, 0.29) is 0 Å². The first kappa shape index (κ1) is 19.7. The molecule has 7 heteroatoms. The van der Waals surface area contributed by atoms with Gasteiger partial charge in [-0.1, -0.05) is 0 Å². The van der Waals surface area contributed by atoms with Crippen molar-refractivity contribution in [3.63, 3.8) is 0 Å².